The molecule has 3 aromatic heterocycles. The first-order valence-electron chi connectivity index (χ1n) is 9.81. The van der Waals surface area contributed by atoms with Gasteiger partial charge in [0.1, 0.15) is 17.6 Å². The number of hydrogen-bond acceptors (Lipinski definition) is 7. The molecule has 0 saturated heterocycles. The third-order valence-corrected chi connectivity index (χ3v) is 7.11. The van der Waals surface area contributed by atoms with Crippen LogP contribution in [0.15, 0.2) is 50.6 Å². The van der Waals surface area contributed by atoms with Crippen LogP contribution in [-0.2, 0) is 17.8 Å². The van der Waals surface area contributed by atoms with Crippen molar-refractivity contribution in [2.75, 3.05) is 5.75 Å². The lowest BCUT2D eigenvalue weighted by atomic mass is 10.1. The monoisotopic (exact) mass is 427 g/mol. The number of carbonyl (C=O) groups is 1. The molecule has 1 amide bonds. The van der Waals surface area contributed by atoms with Gasteiger partial charge in [-0.15, -0.1) is 21.5 Å². The first-order valence-corrected chi connectivity index (χ1v) is 11.7. The minimum Gasteiger partial charge on any atom is -0.467 e. The zero-order valence-electron chi connectivity index (χ0n) is 15.9. The number of furan rings is 1. The SMILES string of the molecule is O=C(CSc1nnc2n1CCCCC2)N1N=C(c2cccs2)C[C@@H]1c1ccco1. The van der Waals surface area contributed by atoms with Crippen molar-refractivity contribution in [3.63, 3.8) is 0 Å². The molecule has 1 atom stereocenters. The number of thiophene rings is 1. The number of hydrazone groups is 1. The number of fused-ring (bicyclic) bond motifs is 1. The maximum atomic E-state index is 13.1. The second-order valence-electron chi connectivity index (χ2n) is 7.15. The molecule has 150 valence electrons. The minimum absolute atomic E-state index is 0.0473. The van der Waals surface area contributed by atoms with Gasteiger partial charge in [0.2, 0.25) is 0 Å². The highest BCUT2D eigenvalue weighted by atomic mass is 32.2. The summed E-state index contributed by atoms with van der Waals surface area (Å²) in [4.78, 5) is 14.2. The van der Waals surface area contributed by atoms with E-state index in [1.807, 2.05) is 29.6 Å². The number of carbonyl (C=O) groups excluding carboxylic acids is 1. The van der Waals surface area contributed by atoms with Gasteiger partial charge in [0.25, 0.3) is 5.91 Å². The van der Waals surface area contributed by atoms with E-state index >= 15 is 0 Å². The second kappa shape index (κ2) is 8.16. The Bertz CT molecular complexity index is 1010. The molecule has 2 aliphatic heterocycles. The van der Waals surface area contributed by atoms with Crippen LogP contribution >= 0.6 is 23.1 Å². The zero-order chi connectivity index (χ0) is 19.6. The van der Waals surface area contributed by atoms with Crippen LogP contribution in [0.4, 0.5) is 0 Å². The average Bonchev–Trinajstić information content (AvgIpc) is 3.51. The van der Waals surface area contributed by atoms with Gasteiger partial charge >= 0.3 is 0 Å². The van der Waals surface area contributed by atoms with Gasteiger partial charge in [-0.25, -0.2) is 5.01 Å². The minimum atomic E-state index is -0.203. The summed E-state index contributed by atoms with van der Waals surface area (Å²) >= 11 is 3.08. The fourth-order valence-corrected chi connectivity index (χ4v) is 5.35. The van der Waals surface area contributed by atoms with Crippen molar-refractivity contribution in [3.05, 3.63) is 52.4 Å². The fourth-order valence-electron chi connectivity index (χ4n) is 3.79. The van der Waals surface area contributed by atoms with Crippen LogP contribution in [0.3, 0.4) is 0 Å². The summed E-state index contributed by atoms with van der Waals surface area (Å²) in [5.74, 6) is 2.02. The summed E-state index contributed by atoms with van der Waals surface area (Å²) in [7, 11) is 0. The number of aryl methyl sites for hydroxylation is 1. The maximum Gasteiger partial charge on any atom is 0.253 e. The van der Waals surface area contributed by atoms with Crippen LogP contribution in [-0.4, -0.2) is 37.1 Å². The molecule has 3 aromatic rings. The Morgan fingerprint density at radius 2 is 2.21 bits per heavy atom. The first kappa shape index (κ1) is 18.6. The van der Waals surface area contributed by atoms with E-state index in [1.54, 1.807) is 22.6 Å². The number of rotatable bonds is 5. The van der Waals surface area contributed by atoms with Gasteiger partial charge < -0.3 is 8.98 Å². The molecule has 0 spiro atoms. The normalized spacial score (nSPS) is 19.1. The number of hydrogen-bond donors (Lipinski definition) is 0. The average molecular weight is 428 g/mol. The Morgan fingerprint density at radius 1 is 1.24 bits per heavy atom. The Morgan fingerprint density at radius 3 is 3.03 bits per heavy atom. The smallest absolute Gasteiger partial charge is 0.253 e. The number of thioether (sulfide) groups is 1. The molecule has 9 heteroatoms. The topological polar surface area (TPSA) is 76.5 Å². The van der Waals surface area contributed by atoms with Crippen molar-refractivity contribution < 1.29 is 9.21 Å². The Labute approximate surface area is 176 Å². The molecular formula is C20H21N5O2S2. The zero-order valence-corrected chi connectivity index (χ0v) is 17.5. The summed E-state index contributed by atoms with van der Waals surface area (Å²) in [5, 5.41) is 17.7. The van der Waals surface area contributed by atoms with Crippen molar-refractivity contribution in [1.82, 2.24) is 19.8 Å². The molecule has 0 radical (unpaired) electrons. The summed E-state index contributed by atoms with van der Waals surface area (Å²) in [6.45, 7) is 0.929. The van der Waals surface area contributed by atoms with E-state index in [1.165, 1.54) is 18.2 Å². The molecule has 0 aliphatic carbocycles. The van der Waals surface area contributed by atoms with E-state index in [2.05, 4.69) is 19.9 Å². The first-order chi connectivity index (χ1) is 14.3. The van der Waals surface area contributed by atoms with Crippen LogP contribution in [0.1, 0.15) is 48.2 Å². The molecule has 0 bridgehead atoms. The van der Waals surface area contributed by atoms with Crippen LogP contribution in [0, 0.1) is 0 Å². The lowest BCUT2D eigenvalue weighted by Gasteiger charge is -2.19. The van der Waals surface area contributed by atoms with E-state index in [4.69, 9.17) is 4.42 Å². The predicted octanol–water partition coefficient (Wildman–Crippen LogP) is 4.13. The standard InChI is InChI=1S/C20H21N5O2S2/c26-19(13-29-20-22-21-18-8-2-1-3-9-24(18)20)25-15(16-6-4-10-27-16)12-14(23-25)17-7-5-11-28-17/h4-7,10-11,15H,1-3,8-9,12-13H2/t15-/m1/s1. The van der Waals surface area contributed by atoms with Gasteiger partial charge in [0, 0.05) is 19.4 Å². The molecule has 0 fully saturated rings. The van der Waals surface area contributed by atoms with Crippen molar-refractivity contribution in [2.24, 2.45) is 5.10 Å². The van der Waals surface area contributed by atoms with Crippen LogP contribution in [0.2, 0.25) is 0 Å². The van der Waals surface area contributed by atoms with Gasteiger partial charge in [-0.05, 0) is 36.4 Å². The van der Waals surface area contributed by atoms with Gasteiger partial charge in [0.05, 0.1) is 22.6 Å². The maximum absolute atomic E-state index is 13.1. The summed E-state index contributed by atoms with van der Waals surface area (Å²) in [5.41, 5.74) is 0.927. The highest BCUT2D eigenvalue weighted by molar-refractivity contribution is 7.99. The number of nitrogens with zero attached hydrogens (tertiary/aromatic N) is 5. The molecule has 0 saturated carbocycles. The van der Waals surface area contributed by atoms with Crippen LogP contribution in [0.5, 0.6) is 0 Å². The molecule has 0 N–H and O–H groups in total. The summed E-state index contributed by atoms with van der Waals surface area (Å²) < 4.78 is 7.77. The largest absolute Gasteiger partial charge is 0.467 e. The Hall–Kier alpha value is -2.39. The molecule has 5 heterocycles. The van der Waals surface area contributed by atoms with E-state index in [0.29, 0.717) is 6.42 Å². The third-order valence-electron chi connectivity index (χ3n) is 5.24. The molecule has 0 aromatic carbocycles. The quantitative estimate of drug-likeness (QED) is 0.572. The van der Waals surface area contributed by atoms with Gasteiger partial charge in [-0.3, -0.25) is 4.79 Å². The van der Waals surface area contributed by atoms with Gasteiger partial charge in [-0.1, -0.05) is 24.2 Å². The lowest BCUT2D eigenvalue weighted by molar-refractivity contribution is -0.130. The molecule has 29 heavy (non-hydrogen) atoms. The molecule has 0 unspecified atom stereocenters. The molecular weight excluding hydrogens is 406 g/mol. The van der Waals surface area contributed by atoms with Crippen molar-refractivity contribution in [2.45, 2.75) is 49.8 Å². The van der Waals surface area contributed by atoms with Crippen LogP contribution < -0.4 is 0 Å². The van der Waals surface area contributed by atoms with E-state index in [0.717, 1.165) is 53.1 Å². The fraction of sp³-hybridized carbons (Fsp3) is 0.400. The number of aromatic nitrogens is 3. The molecule has 7 nitrogen and oxygen atoms in total. The second-order valence-corrected chi connectivity index (χ2v) is 9.04. The van der Waals surface area contributed by atoms with Crippen molar-refractivity contribution in [1.29, 1.82) is 0 Å². The highest BCUT2D eigenvalue weighted by Crippen LogP contribution is 2.35. The van der Waals surface area contributed by atoms with Crippen LogP contribution in [0.25, 0.3) is 0 Å². The van der Waals surface area contributed by atoms with Crippen molar-refractivity contribution >= 4 is 34.7 Å². The highest BCUT2D eigenvalue weighted by Gasteiger charge is 2.35. The summed E-state index contributed by atoms with van der Waals surface area (Å²) in [6.07, 6.45) is 6.76. The molecule has 5 rings (SSSR count). The van der Waals surface area contributed by atoms with E-state index in [9.17, 15) is 4.79 Å². The number of amides is 1. The third kappa shape index (κ3) is 3.76. The molecule has 2 aliphatic rings. The van der Waals surface area contributed by atoms with Gasteiger partial charge in [-0.2, -0.15) is 5.10 Å². The van der Waals surface area contributed by atoms with E-state index < -0.39 is 0 Å². The Balaban J connectivity index is 1.34. The van der Waals surface area contributed by atoms with Crippen molar-refractivity contribution in [3.8, 4) is 0 Å². The summed E-state index contributed by atoms with van der Waals surface area (Å²) in [6, 6.07) is 7.59. The van der Waals surface area contributed by atoms with E-state index in [-0.39, 0.29) is 17.7 Å². The van der Waals surface area contributed by atoms with Gasteiger partial charge in [0.15, 0.2) is 5.16 Å². The lowest BCUT2D eigenvalue weighted by Crippen LogP contribution is -2.28. The Kier molecular flexibility index (Phi) is 5.24. The predicted molar refractivity (Wildman–Crippen MR) is 112 cm³/mol.